The van der Waals surface area contributed by atoms with E-state index in [-0.39, 0.29) is 22.3 Å². The monoisotopic (exact) mass is 402 g/mol. The van der Waals surface area contributed by atoms with Crippen molar-refractivity contribution in [2.24, 2.45) is 5.92 Å². The van der Waals surface area contributed by atoms with Crippen molar-refractivity contribution in [3.8, 4) is 0 Å². The van der Waals surface area contributed by atoms with E-state index >= 15 is 0 Å². The van der Waals surface area contributed by atoms with Crippen LogP contribution in [0.5, 0.6) is 0 Å². The second-order valence-electron chi connectivity index (χ2n) is 4.60. The van der Waals surface area contributed by atoms with Crippen LogP contribution in [-0.4, -0.2) is 28.1 Å². The first kappa shape index (κ1) is 18.2. The molecule has 1 aliphatic rings. The van der Waals surface area contributed by atoms with E-state index < -0.39 is 10.0 Å². The van der Waals surface area contributed by atoms with Crippen LogP contribution in [0.2, 0.25) is 5.02 Å². The van der Waals surface area contributed by atoms with E-state index in [1.165, 1.54) is 0 Å². The van der Waals surface area contributed by atoms with Crippen molar-refractivity contribution in [1.82, 2.24) is 10.0 Å². The highest BCUT2D eigenvalue weighted by Crippen LogP contribution is 2.29. The van der Waals surface area contributed by atoms with E-state index in [0.717, 1.165) is 25.9 Å². The molecule has 114 valence electrons. The maximum atomic E-state index is 12.2. The van der Waals surface area contributed by atoms with Crippen molar-refractivity contribution >= 4 is 50.0 Å². The first-order chi connectivity index (χ1) is 9.00. The molecule has 2 rings (SSSR count). The fourth-order valence-electron chi connectivity index (χ4n) is 2.17. The predicted molar refractivity (Wildman–Crippen MR) is 87.2 cm³/mol. The molecule has 2 N–H and O–H groups in total. The quantitative estimate of drug-likeness (QED) is 0.794. The number of benzene rings is 1. The largest absolute Gasteiger partial charge is 0.316 e. The first-order valence-corrected chi connectivity index (χ1v) is 8.80. The van der Waals surface area contributed by atoms with Crippen molar-refractivity contribution < 1.29 is 8.42 Å². The summed E-state index contributed by atoms with van der Waals surface area (Å²) >= 11 is 9.19. The second-order valence-corrected chi connectivity index (χ2v) is 7.56. The molecule has 0 bridgehead atoms. The fourth-order valence-corrected chi connectivity index (χ4v) is 4.95. The zero-order valence-electron chi connectivity index (χ0n) is 10.7. The van der Waals surface area contributed by atoms with Gasteiger partial charge in [-0.1, -0.05) is 17.7 Å². The zero-order valence-corrected chi connectivity index (χ0v) is 14.7. The Morgan fingerprint density at radius 1 is 1.45 bits per heavy atom. The van der Waals surface area contributed by atoms with Crippen LogP contribution in [0.15, 0.2) is 27.6 Å². The van der Waals surface area contributed by atoms with Gasteiger partial charge in [-0.2, -0.15) is 0 Å². The Hall–Kier alpha value is 0.150. The third kappa shape index (κ3) is 4.58. The molecule has 1 heterocycles. The molecular formula is C12H17BrCl2N2O2S. The molecule has 4 nitrogen and oxygen atoms in total. The van der Waals surface area contributed by atoms with Crippen LogP contribution in [-0.2, 0) is 10.0 Å². The molecule has 8 heteroatoms. The molecular weight excluding hydrogens is 387 g/mol. The lowest BCUT2D eigenvalue weighted by Crippen LogP contribution is -2.27. The highest BCUT2D eigenvalue weighted by atomic mass is 79.9. The van der Waals surface area contributed by atoms with E-state index in [1.807, 2.05) is 0 Å². The molecule has 0 radical (unpaired) electrons. The molecule has 0 aliphatic carbocycles. The molecule has 1 fully saturated rings. The van der Waals surface area contributed by atoms with Crippen LogP contribution in [0.25, 0.3) is 0 Å². The number of hydrogen-bond acceptors (Lipinski definition) is 3. The fraction of sp³-hybridized carbons (Fsp3) is 0.500. The van der Waals surface area contributed by atoms with E-state index in [4.69, 9.17) is 11.6 Å². The van der Waals surface area contributed by atoms with E-state index in [0.29, 0.717) is 16.9 Å². The minimum absolute atomic E-state index is 0. The molecule has 1 unspecified atom stereocenters. The molecule has 0 saturated carbocycles. The second kappa shape index (κ2) is 7.96. The smallest absolute Gasteiger partial charge is 0.243 e. The lowest BCUT2D eigenvalue weighted by Gasteiger charge is -2.12. The summed E-state index contributed by atoms with van der Waals surface area (Å²) < 4.78 is 27.5. The number of hydrogen-bond donors (Lipinski definition) is 2. The molecule has 0 amide bonds. The van der Waals surface area contributed by atoms with Gasteiger partial charge < -0.3 is 5.32 Å². The number of halogens is 3. The molecule has 1 aromatic rings. The third-order valence-corrected chi connectivity index (χ3v) is 6.11. The van der Waals surface area contributed by atoms with Gasteiger partial charge >= 0.3 is 0 Å². The Kier molecular flexibility index (Phi) is 7.24. The van der Waals surface area contributed by atoms with Crippen molar-refractivity contribution in [3.63, 3.8) is 0 Å². The Balaban J connectivity index is 0.00000200. The van der Waals surface area contributed by atoms with Gasteiger partial charge in [-0.05, 0) is 59.9 Å². The molecule has 1 aromatic carbocycles. The van der Waals surface area contributed by atoms with Crippen LogP contribution >= 0.6 is 39.9 Å². The Morgan fingerprint density at radius 2 is 2.20 bits per heavy atom. The van der Waals surface area contributed by atoms with Gasteiger partial charge in [0.2, 0.25) is 10.0 Å². The summed E-state index contributed by atoms with van der Waals surface area (Å²) in [4.78, 5) is 0.112. The van der Waals surface area contributed by atoms with Crippen LogP contribution in [0.4, 0.5) is 0 Å². The lowest BCUT2D eigenvalue weighted by atomic mass is 10.1. The Labute approximate surface area is 139 Å². The first-order valence-electron chi connectivity index (χ1n) is 6.15. The summed E-state index contributed by atoms with van der Waals surface area (Å²) in [5, 5.41) is 3.49. The average molecular weight is 404 g/mol. The SMILES string of the molecule is Cl.O=S(=O)(NCCC1CCNC1)c1c(Cl)cccc1Br. The topological polar surface area (TPSA) is 58.2 Å². The Bertz CT molecular complexity index is 528. The van der Waals surface area contributed by atoms with Crippen molar-refractivity contribution in [1.29, 1.82) is 0 Å². The highest BCUT2D eigenvalue weighted by Gasteiger charge is 2.21. The average Bonchev–Trinajstić information content (AvgIpc) is 2.81. The molecule has 0 aromatic heterocycles. The molecule has 1 atom stereocenters. The van der Waals surface area contributed by atoms with Crippen molar-refractivity contribution in [2.45, 2.75) is 17.7 Å². The van der Waals surface area contributed by atoms with Gasteiger partial charge in [-0.25, -0.2) is 13.1 Å². The predicted octanol–water partition coefficient (Wildman–Crippen LogP) is 2.80. The van der Waals surface area contributed by atoms with Crippen molar-refractivity contribution in [3.05, 3.63) is 27.7 Å². The summed E-state index contributed by atoms with van der Waals surface area (Å²) in [7, 11) is -3.56. The Morgan fingerprint density at radius 3 is 2.80 bits per heavy atom. The van der Waals surface area contributed by atoms with Gasteiger partial charge in [-0.3, -0.25) is 0 Å². The van der Waals surface area contributed by atoms with E-state index in [2.05, 4.69) is 26.0 Å². The summed E-state index contributed by atoms with van der Waals surface area (Å²) in [5.41, 5.74) is 0. The number of nitrogens with one attached hydrogen (secondary N) is 2. The maximum absolute atomic E-state index is 12.2. The summed E-state index contributed by atoms with van der Waals surface area (Å²) in [6.07, 6.45) is 1.95. The normalized spacial score (nSPS) is 18.8. The summed E-state index contributed by atoms with van der Waals surface area (Å²) in [5.74, 6) is 0.553. The minimum Gasteiger partial charge on any atom is -0.316 e. The standard InChI is InChI=1S/C12H16BrClN2O2S.ClH/c13-10-2-1-3-11(14)12(10)19(17,18)16-7-5-9-4-6-15-8-9;/h1-3,9,15-16H,4-8H2;1H. The van der Waals surface area contributed by atoms with E-state index in [9.17, 15) is 8.42 Å². The zero-order chi connectivity index (χ0) is 13.9. The molecule has 1 saturated heterocycles. The van der Waals surface area contributed by atoms with Crippen molar-refractivity contribution in [2.75, 3.05) is 19.6 Å². The van der Waals surface area contributed by atoms with Gasteiger partial charge in [-0.15, -0.1) is 12.4 Å². The third-order valence-electron chi connectivity index (χ3n) is 3.19. The molecule has 20 heavy (non-hydrogen) atoms. The molecule has 1 aliphatic heterocycles. The maximum Gasteiger partial charge on any atom is 0.243 e. The van der Waals surface area contributed by atoms with Crippen LogP contribution in [0, 0.1) is 5.92 Å². The minimum atomic E-state index is -3.56. The van der Waals surface area contributed by atoms with Gasteiger partial charge in [0.05, 0.1) is 5.02 Å². The molecule has 0 spiro atoms. The summed E-state index contributed by atoms with van der Waals surface area (Å²) in [6.45, 7) is 2.43. The number of sulfonamides is 1. The lowest BCUT2D eigenvalue weighted by molar-refractivity contribution is 0.519. The van der Waals surface area contributed by atoms with Crippen LogP contribution in [0.3, 0.4) is 0 Å². The van der Waals surface area contributed by atoms with Gasteiger partial charge in [0.1, 0.15) is 4.90 Å². The van der Waals surface area contributed by atoms with Gasteiger partial charge in [0.15, 0.2) is 0 Å². The highest BCUT2D eigenvalue weighted by molar-refractivity contribution is 9.10. The van der Waals surface area contributed by atoms with E-state index in [1.54, 1.807) is 18.2 Å². The van der Waals surface area contributed by atoms with Gasteiger partial charge in [0.25, 0.3) is 0 Å². The van der Waals surface area contributed by atoms with Crippen LogP contribution < -0.4 is 10.0 Å². The number of rotatable bonds is 5. The van der Waals surface area contributed by atoms with Gasteiger partial charge in [0, 0.05) is 11.0 Å². The van der Waals surface area contributed by atoms with Crippen LogP contribution in [0.1, 0.15) is 12.8 Å². The summed E-state index contributed by atoms with van der Waals surface area (Å²) in [6, 6.07) is 4.94.